The largest absolute Gasteiger partial charge is 0.494 e. The lowest BCUT2D eigenvalue weighted by Crippen LogP contribution is -2.13. The number of carbonyl (C=O) groups excluding carboxylic acids is 1. The van der Waals surface area contributed by atoms with Gasteiger partial charge in [-0.2, -0.15) is 0 Å². The number of rotatable bonds is 6. The van der Waals surface area contributed by atoms with E-state index in [1.54, 1.807) is 43.3 Å². The van der Waals surface area contributed by atoms with E-state index in [0.717, 1.165) is 6.42 Å². The van der Waals surface area contributed by atoms with Gasteiger partial charge >= 0.3 is 0 Å². The average Bonchev–Trinajstić information content (AvgIpc) is 2.55. The standard InChI is InChI=1S/C17H18N2O4/c1-3-11-23-14-9-7-13(8-10-14)17(20)18-15-5-4-6-16(12(15)2)19(21)22/h4-10H,3,11H2,1-2H3,(H,18,20). The van der Waals surface area contributed by atoms with Crippen molar-refractivity contribution in [2.75, 3.05) is 11.9 Å². The maximum atomic E-state index is 12.3. The maximum Gasteiger partial charge on any atom is 0.274 e. The Bertz CT molecular complexity index is 711. The highest BCUT2D eigenvalue weighted by Gasteiger charge is 2.15. The Kier molecular flexibility index (Phi) is 5.30. The number of ether oxygens (including phenoxy) is 1. The van der Waals surface area contributed by atoms with Gasteiger partial charge in [0.25, 0.3) is 11.6 Å². The molecule has 0 saturated carbocycles. The first-order valence-corrected chi connectivity index (χ1v) is 7.31. The van der Waals surface area contributed by atoms with Crippen molar-refractivity contribution >= 4 is 17.3 Å². The van der Waals surface area contributed by atoms with Gasteiger partial charge in [0.05, 0.1) is 22.8 Å². The molecule has 2 rings (SSSR count). The molecule has 0 radical (unpaired) electrons. The van der Waals surface area contributed by atoms with E-state index in [1.165, 1.54) is 6.07 Å². The summed E-state index contributed by atoms with van der Waals surface area (Å²) in [6.45, 7) is 4.25. The number of hydrogen-bond acceptors (Lipinski definition) is 4. The van der Waals surface area contributed by atoms with Gasteiger partial charge in [-0.15, -0.1) is 0 Å². The van der Waals surface area contributed by atoms with Gasteiger partial charge < -0.3 is 10.1 Å². The van der Waals surface area contributed by atoms with Crippen LogP contribution in [0.5, 0.6) is 5.75 Å². The van der Waals surface area contributed by atoms with Crippen molar-refractivity contribution in [2.24, 2.45) is 0 Å². The van der Waals surface area contributed by atoms with Gasteiger partial charge in [0.2, 0.25) is 0 Å². The van der Waals surface area contributed by atoms with E-state index in [9.17, 15) is 14.9 Å². The summed E-state index contributed by atoms with van der Waals surface area (Å²) < 4.78 is 5.46. The predicted molar refractivity (Wildman–Crippen MR) is 88.0 cm³/mol. The third-order valence-corrected chi connectivity index (χ3v) is 3.34. The summed E-state index contributed by atoms with van der Waals surface area (Å²) >= 11 is 0. The SMILES string of the molecule is CCCOc1ccc(C(=O)Nc2cccc([N+](=O)[O-])c2C)cc1. The number of nitro groups is 1. The van der Waals surface area contributed by atoms with Gasteiger partial charge in [0.1, 0.15) is 5.75 Å². The van der Waals surface area contributed by atoms with Crippen LogP contribution >= 0.6 is 0 Å². The summed E-state index contributed by atoms with van der Waals surface area (Å²) in [5.74, 6) is 0.380. The minimum absolute atomic E-state index is 0.0221. The molecule has 6 nitrogen and oxygen atoms in total. The Hall–Kier alpha value is -2.89. The molecule has 0 aliphatic heterocycles. The van der Waals surface area contributed by atoms with Crippen LogP contribution in [0.3, 0.4) is 0 Å². The highest BCUT2D eigenvalue weighted by atomic mass is 16.6. The number of hydrogen-bond donors (Lipinski definition) is 1. The second kappa shape index (κ2) is 7.40. The normalized spacial score (nSPS) is 10.2. The van der Waals surface area contributed by atoms with Crippen LogP contribution in [-0.2, 0) is 0 Å². The molecule has 0 spiro atoms. The zero-order valence-electron chi connectivity index (χ0n) is 13.0. The molecule has 0 bridgehead atoms. The Morgan fingerprint density at radius 3 is 2.52 bits per heavy atom. The zero-order chi connectivity index (χ0) is 16.8. The quantitative estimate of drug-likeness (QED) is 0.646. The highest BCUT2D eigenvalue weighted by Crippen LogP contribution is 2.25. The van der Waals surface area contributed by atoms with Gasteiger partial charge in [0.15, 0.2) is 0 Å². The third kappa shape index (κ3) is 4.06. The van der Waals surface area contributed by atoms with Crippen LogP contribution in [0.2, 0.25) is 0 Å². The Balaban J connectivity index is 2.13. The van der Waals surface area contributed by atoms with E-state index in [1.807, 2.05) is 6.92 Å². The molecule has 23 heavy (non-hydrogen) atoms. The molecular weight excluding hydrogens is 296 g/mol. The molecule has 0 unspecified atom stereocenters. The van der Waals surface area contributed by atoms with Gasteiger partial charge in [-0.1, -0.05) is 13.0 Å². The summed E-state index contributed by atoms with van der Waals surface area (Å²) in [5.41, 5.74) is 1.29. The molecule has 6 heteroatoms. The van der Waals surface area contributed by atoms with Gasteiger partial charge in [-0.05, 0) is 43.7 Å². The van der Waals surface area contributed by atoms with Crippen molar-refractivity contribution in [3.63, 3.8) is 0 Å². The molecule has 0 saturated heterocycles. The van der Waals surface area contributed by atoms with Gasteiger partial charge in [-0.25, -0.2) is 0 Å². The first-order valence-electron chi connectivity index (χ1n) is 7.31. The highest BCUT2D eigenvalue weighted by molar-refractivity contribution is 6.04. The first kappa shape index (κ1) is 16.5. The van der Waals surface area contributed by atoms with Gasteiger partial charge in [-0.3, -0.25) is 14.9 Å². The van der Waals surface area contributed by atoms with Crippen molar-refractivity contribution in [1.82, 2.24) is 0 Å². The zero-order valence-corrected chi connectivity index (χ0v) is 13.0. The lowest BCUT2D eigenvalue weighted by Gasteiger charge is -2.09. The number of carbonyl (C=O) groups is 1. The van der Waals surface area contributed by atoms with E-state index in [4.69, 9.17) is 4.74 Å². The maximum absolute atomic E-state index is 12.3. The number of amides is 1. The van der Waals surface area contributed by atoms with Crippen molar-refractivity contribution in [3.05, 3.63) is 63.7 Å². The minimum Gasteiger partial charge on any atom is -0.494 e. The molecule has 1 amide bonds. The second-order valence-electron chi connectivity index (χ2n) is 5.03. The fourth-order valence-electron chi connectivity index (χ4n) is 2.07. The Morgan fingerprint density at radius 1 is 1.22 bits per heavy atom. The van der Waals surface area contributed by atoms with Crippen LogP contribution in [0.4, 0.5) is 11.4 Å². The van der Waals surface area contributed by atoms with Crippen molar-refractivity contribution in [3.8, 4) is 5.75 Å². The summed E-state index contributed by atoms with van der Waals surface area (Å²) in [6.07, 6.45) is 0.911. The summed E-state index contributed by atoms with van der Waals surface area (Å²) in [6, 6.07) is 11.4. The summed E-state index contributed by atoms with van der Waals surface area (Å²) in [7, 11) is 0. The van der Waals surface area contributed by atoms with E-state index in [2.05, 4.69) is 5.32 Å². The number of benzene rings is 2. The topological polar surface area (TPSA) is 81.5 Å². The second-order valence-corrected chi connectivity index (χ2v) is 5.03. The van der Waals surface area contributed by atoms with Crippen LogP contribution in [0.25, 0.3) is 0 Å². The fraction of sp³-hybridized carbons (Fsp3) is 0.235. The monoisotopic (exact) mass is 314 g/mol. The molecule has 0 atom stereocenters. The van der Waals surface area contributed by atoms with E-state index in [-0.39, 0.29) is 11.6 Å². The number of anilines is 1. The Morgan fingerprint density at radius 2 is 1.91 bits per heavy atom. The van der Waals surface area contributed by atoms with Crippen LogP contribution in [0.1, 0.15) is 29.3 Å². The molecule has 0 fully saturated rings. The first-order chi connectivity index (χ1) is 11.0. The Labute approximate surface area is 134 Å². The molecular formula is C17H18N2O4. The average molecular weight is 314 g/mol. The molecule has 2 aromatic rings. The number of nitro benzene ring substituents is 1. The third-order valence-electron chi connectivity index (χ3n) is 3.34. The molecule has 120 valence electrons. The molecule has 0 aliphatic carbocycles. The number of nitrogens with one attached hydrogen (secondary N) is 1. The lowest BCUT2D eigenvalue weighted by molar-refractivity contribution is -0.385. The van der Waals surface area contributed by atoms with Crippen molar-refractivity contribution in [2.45, 2.75) is 20.3 Å². The van der Waals surface area contributed by atoms with Crippen molar-refractivity contribution < 1.29 is 14.5 Å². The molecule has 2 aromatic carbocycles. The van der Waals surface area contributed by atoms with E-state index in [0.29, 0.717) is 29.2 Å². The summed E-state index contributed by atoms with van der Waals surface area (Å²) in [4.78, 5) is 22.7. The molecule has 0 aromatic heterocycles. The van der Waals surface area contributed by atoms with E-state index >= 15 is 0 Å². The lowest BCUT2D eigenvalue weighted by atomic mass is 10.1. The van der Waals surface area contributed by atoms with Gasteiger partial charge in [0, 0.05) is 11.6 Å². The van der Waals surface area contributed by atoms with Crippen LogP contribution in [-0.4, -0.2) is 17.4 Å². The fourth-order valence-corrected chi connectivity index (χ4v) is 2.07. The van der Waals surface area contributed by atoms with Crippen LogP contribution in [0.15, 0.2) is 42.5 Å². The predicted octanol–water partition coefficient (Wildman–Crippen LogP) is 3.94. The van der Waals surface area contributed by atoms with Crippen LogP contribution < -0.4 is 10.1 Å². The van der Waals surface area contributed by atoms with Crippen LogP contribution in [0, 0.1) is 17.0 Å². The van der Waals surface area contributed by atoms with E-state index < -0.39 is 4.92 Å². The summed E-state index contributed by atoms with van der Waals surface area (Å²) in [5, 5.41) is 13.6. The molecule has 1 N–H and O–H groups in total. The molecule has 0 aliphatic rings. The number of nitrogens with zero attached hydrogens (tertiary/aromatic N) is 1. The minimum atomic E-state index is -0.467. The smallest absolute Gasteiger partial charge is 0.274 e. The van der Waals surface area contributed by atoms with Crippen molar-refractivity contribution in [1.29, 1.82) is 0 Å². The molecule has 0 heterocycles.